The first-order valence-corrected chi connectivity index (χ1v) is 11.2. The molecule has 1 fully saturated rings. The minimum Gasteiger partial charge on any atom is -0.353 e. The van der Waals surface area contributed by atoms with E-state index in [0.29, 0.717) is 28.5 Å². The molecule has 0 unspecified atom stereocenters. The minimum absolute atomic E-state index is 0.195. The van der Waals surface area contributed by atoms with Crippen molar-refractivity contribution in [3.63, 3.8) is 0 Å². The fourth-order valence-corrected chi connectivity index (χ4v) is 4.01. The number of anilines is 3. The molecule has 35 heavy (non-hydrogen) atoms. The summed E-state index contributed by atoms with van der Waals surface area (Å²) in [6.07, 6.45) is 9.00. The number of piperazine rings is 1. The fourth-order valence-electron chi connectivity index (χ4n) is 4.01. The van der Waals surface area contributed by atoms with Crippen molar-refractivity contribution in [1.29, 1.82) is 0 Å². The van der Waals surface area contributed by atoms with Gasteiger partial charge in [0, 0.05) is 49.8 Å². The molecule has 4 aromatic heterocycles. The second-order valence-electron chi connectivity index (χ2n) is 8.19. The van der Waals surface area contributed by atoms with Crippen molar-refractivity contribution in [2.45, 2.75) is 13.0 Å². The highest BCUT2D eigenvalue weighted by atomic mass is 19.1. The molecule has 1 saturated heterocycles. The zero-order valence-electron chi connectivity index (χ0n) is 19.0. The van der Waals surface area contributed by atoms with E-state index in [1.807, 2.05) is 18.2 Å². The molecule has 0 saturated carbocycles. The number of nitrogens with one attached hydrogen (secondary N) is 1. The zero-order valence-corrected chi connectivity index (χ0v) is 19.0. The summed E-state index contributed by atoms with van der Waals surface area (Å²) < 4.78 is 13.9. The first kappa shape index (κ1) is 22.3. The third-order valence-electron chi connectivity index (χ3n) is 5.83. The Labute approximate surface area is 201 Å². The molecule has 1 N–H and O–H groups in total. The number of aromatic nitrogens is 5. The van der Waals surface area contributed by atoms with Crippen LogP contribution in [0.5, 0.6) is 0 Å². The molecule has 0 spiro atoms. The Hall–Kier alpha value is -4.47. The van der Waals surface area contributed by atoms with E-state index in [1.165, 1.54) is 18.5 Å². The second-order valence-corrected chi connectivity index (χ2v) is 8.19. The highest BCUT2D eigenvalue weighted by Crippen LogP contribution is 2.22. The van der Waals surface area contributed by atoms with E-state index in [9.17, 15) is 9.18 Å². The van der Waals surface area contributed by atoms with Gasteiger partial charge >= 0.3 is 0 Å². The van der Waals surface area contributed by atoms with E-state index in [-0.39, 0.29) is 11.9 Å². The number of halogens is 1. The molecule has 9 nitrogen and oxygen atoms in total. The lowest BCUT2D eigenvalue weighted by atomic mass is 10.1. The normalized spacial score (nSPS) is 15.7. The maximum atomic E-state index is 13.9. The summed E-state index contributed by atoms with van der Waals surface area (Å²) in [5.74, 6) is 0.753. The van der Waals surface area contributed by atoms with Crippen molar-refractivity contribution in [3.05, 3.63) is 85.0 Å². The van der Waals surface area contributed by atoms with Gasteiger partial charge in [0.2, 0.25) is 5.95 Å². The van der Waals surface area contributed by atoms with Gasteiger partial charge in [0.25, 0.3) is 5.91 Å². The van der Waals surface area contributed by atoms with Gasteiger partial charge in [0.15, 0.2) is 5.82 Å². The first-order valence-electron chi connectivity index (χ1n) is 11.2. The number of hydrogen-bond acceptors (Lipinski definition) is 8. The summed E-state index contributed by atoms with van der Waals surface area (Å²) in [4.78, 5) is 38.3. The van der Waals surface area contributed by atoms with Crippen LogP contribution >= 0.6 is 0 Å². The fraction of sp³-hybridized carbons (Fsp3) is 0.200. The number of amides is 1. The largest absolute Gasteiger partial charge is 0.353 e. The standard InChI is InChI=1S/C25H23FN8O/c1-17-16-33(23-4-2-3-8-28-23)10-11-34(17)25-30-13-19(14-31-25)32-24(35)18-5-6-22(29-12-18)20-7-9-27-15-21(20)26/h2-9,12-15,17H,10-11,16H2,1H3,(H,32,35)/t17-/m0/s1. The van der Waals surface area contributed by atoms with Crippen molar-refractivity contribution >= 4 is 23.4 Å². The monoisotopic (exact) mass is 470 g/mol. The molecule has 1 amide bonds. The lowest BCUT2D eigenvalue weighted by Gasteiger charge is -2.40. The number of rotatable bonds is 5. The van der Waals surface area contributed by atoms with Crippen molar-refractivity contribution < 1.29 is 9.18 Å². The zero-order chi connectivity index (χ0) is 24.2. The highest BCUT2D eigenvalue weighted by molar-refractivity contribution is 6.04. The molecule has 10 heteroatoms. The summed E-state index contributed by atoms with van der Waals surface area (Å²) in [5, 5.41) is 2.78. The highest BCUT2D eigenvalue weighted by Gasteiger charge is 2.26. The van der Waals surface area contributed by atoms with Gasteiger partial charge in [0.1, 0.15) is 5.82 Å². The molecule has 0 bridgehead atoms. The average Bonchev–Trinajstić information content (AvgIpc) is 2.90. The van der Waals surface area contributed by atoms with Crippen LogP contribution in [-0.2, 0) is 0 Å². The van der Waals surface area contributed by atoms with Gasteiger partial charge < -0.3 is 15.1 Å². The summed E-state index contributed by atoms with van der Waals surface area (Å²) in [5.41, 5.74) is 1.56. The van der Waals surface area contributed by atoms with Gasteiger partial charge in [0.05, 0.1) is 35.5 Å². The van der Waals surface area contributed by atoms with E-state index in [2.05, 4.69) is 47.0 Å². The summed E-state index contributed by atoms with van der Waals surface area (Å²) in [7, 11) is 0. The van der Waals surface area contributed by atoms with Gasteiger partial charge in [-0.1, -0.05) is 6.07 Å². The Morgan fingerprint density at radius 1 is 0.971 bits per heavy atom. The molecule has 0 radical (unpaired) electrons. The second kappa shape index (κ2) is 9.80. The van der Waals surface area contributed by atoms with Gasteiger partial charge in [-0.05, 0) is 37.3 Å². The number of pyridine rings is 3. The van der Waals surface area contributed by atoms with Gasteiger partial charge in [-0.15, -0.1) is 0 Å². The van der Waals surface area contributed by atoms with E-state index >= 15 is 0 Å². The van der Waals surface area contributed by atoms with E-state index < -0.39 is 5.82 Å². The van der Waals surface area contributed by atoms with Crippen LogP contribution in [0.3, 0.4) is 0 Å². The van der Waals surface area contributed by atoms with E-state index in [4.69, 9.17) is 0 Å². The molecule has 1 atom stereocenters. The minimum atomic E-state index is -0.470. The van der Waals surface area contributed by atoms with Crippen LogP contribution in [0.4, 0.5) is 21.8 Å². The van der Waals surface area contributed by atoms with E-state index in [0.717, 1.165) is 31.6 Å². The van der Waals surface area contributed by atoms with Crippen LogP contribution in [0, 0.1) is 5.82 Å². The van der Waals surface area contributed by atoms with Crippen LogP contribution in [0.15, 0.2) is 73.6 Å². The first-order chi connectivity index (χ1) is 17.1. The average molecular weight is 471 g/mol. The van der Waals surface area contributed by atoms with Crippen LogP contribution < -0.4 is 15.1 Å². The molecule has 4 aromatic rings. The number of carbonyl (C=O) groups excluding carboxylic acids is 1. The Morgan fingerprint density at radius 2 is 1.83 bits per heavy atom. The molecule has 0 aliphatic carbocycles. The maximum Gasteiger partial charge on any atom is 0.257 e. The summed E-state index contributed by atoms with van der Waals surface area (Å²) in [6, 6.07) is 10.8. The van der Waals surface area contributed by atoms with Crippen molar-refractivity contribution in [2.24, 2.45) is 0 Å². The van der Waals surface area contributed by atoms with Crippen molar-refractivity contribution in [2.75, 3.05) is 34.8 Å². The predicted molar refractivity (Wildman–Crippen MR) is 131 cm³/mol. The molecule has 0 aromatic carbocycles. The lowest BCUT2D eigenvalue weighted by molar-refractivity contribution is 0.102. The Morgan fingerprint density at radius 3 is 2.51 bits per heavy atom. The van der Waals surface area contributed by atoms with E-state index in [1.54, 1.807) is 30.7 Å². The van der Waals surface area contributed by atoms with Gasteiger partial charge in [-0.2, -0.15) is 0 Å². The van der Waals surface area contributed by atoms with Crippen molar-refractivity contribution in [1.82, 2.24) is 24.9 Å². The number of hydrogen-bond donors (Lipinski definition) is 1. The quantitative estimate of drug-likeness (QED) is 0.474. The third-order valence-corrected chi connectivity index (χ3v) is 5.83. The molecule has 5 heterocycles. The molecular weight excluding hydrogens is 447 g/mol. The lowest BCUT2D eigenvalue weighted by Crippen LogP contribution is -2.53. The topological polar surface area (TPSA) is 100 Å². The maximum absolute atomic E-state index is 13.9. The SMILES string of the molecule is C[C@H]1CN(c2ccccn2)CCN1c1ncc(NC(=O)c2ccc(-c3ccncc3F)nc2)cn1. The number of nitrogens with zero attached hydrogens (tertiary/aromatic N) is 7. The van der Waals surface area contributed by atoms with Gasteiger partial charge in [-0.25, -0.2) is 19.3 Å². The molecule has 1 aliphatic heterocycles. The van der Waals surface area contributed by atoms with Crippen LogP contribution in [0.1, 0.15) is 17.3 Å². The Bertz CT molecular complexity index is 1300. The van der Waals surface area contributed by atoms with Gasteiger partial charge in [-0.3, -0.25) is 14.8 Å². The molecular formula is C25H23FN8O. The van der Waals surface area contributed by atoms with Crippen LogP contribution in [-0.4, -0.2) is 56.5 Å². The Kier molecular flexibility index (Phi) is 6.25. The molecule has 5 rings (SSSR count). The Balaban J connectivity index is 1.21. The van der Waals surface area contributed by atoms with Crippen LogP contribution in [0.2, 0.25) is 0 Å². The summed E-state index contributed by atoms with van der Waals surface area (Å²) in [6.45, 7) is 4.52. The number of carbonyl (C=O) groups is 1. The third kappa shape index (κ3) is 4.91. The van der Waals surface area contributed by atoms with Crippen molar-refractivity contribution in [3.8, 4) is 11.3 Å². The smallest absolute Gasteiger partial charge is 0.257 e. The predicted octanol–water partition coefficient (Wildman–Crippen LogP) is 3.44. The molecule has 176 valence electrons. The molecule has 1 aliphatic rings. The summed E-state index contributed by atoms with van der Waals surface area (Å²) >= 11 is 0. The van der Waals surface area contributed by atoms with Crippen LogP contribution in [0.25, 0.3) is 11.3 Å².